The number of morpholine rings is 1. The van der Waals surface area contributed by atoms with Crippen LogP contribution in [0.3, 0.4) is 0 Å². The molecule has 3 nitrogen and oxygen atoms in total. The highest BCUT2D eigenvalue weighted by molar-refractivity contribution is 4.97. The Morgan fingerprint density at radius 3 is 2.50 bits per heavy atom. The fourth-order valence-corrected chi connectivity index (χ4v) is 2.99. The van der Waals surface area contributed by atoms with Crippen molar-refractivity contribution in [2.24, 2.45) is 5.92 Å². The summed E-state index contributed by atoms with van der Waals surface area (Å²) in [5.41, 5.74) is 0.252. The molecule has 1 N–H and O–H groups in total. The number of nitrogens with zero attached hydrogens (tertiary/aromatic N) is 1. The van der Waals surface area contributed by atoms with Gasteiger partial charge in [-0.3, -0.25) is 4.90 Å². The maximum atomic E-state index is 5.49. The Morgan fingerprint density at radius 1 is 1.28 bits per heavy atom. The van der Waals surface area contributed by atoms with E-state index in [1.54, 1.807) is 0 Å². The van der Waals surface area contributed by atoms with Crippen LogP contribution in [0.5, 0.6) is 0 Å². The molecule has 1 saturated carbocycles. The summed E-state index contributed by atoms with van der Waals surface area (Å²) in [6.45, 7) is 12.2. The molecule has 2 rings (SSSR count). The van der Waals surface area contributed by atoms with Gasteiger partial charge >= 0.3 is 0 Å². The standard InChI is InChI=1S/C15H30N2O/c1-4-7-16-14(12-13-5-6-13)15(2,3)17-8-10-18-11-9-17/h13-14,16H,4-12H2,1-3H3. The second kappa shape index (κ2) is 6.36. The van der Waals surface area contributed by atoms with Gasteiger partial charge in [0.15, 0.2) is 0 Å². The maximum Gasteiger partial charge on any atom is 0.0594 e. The normalized spacial score (nSPS) is 24.2. The Labute approximate surface area is 112 Å². The molecule has 2 aliphatic rings. The van der Waals surface area contributed by atoms with Crippen molar-refractivity contribution in [2.75, 3.05) is 32.8 Å². The Hall–Kier alpha value is -0.120. The summed E-state index contributed by atoms with van der Waals surface area (Å²) >= 11 is 0. The Balaban J connectivity index is 1.95. The smallest absolute Gasteiger partial charge is 0.0594 e. The van der Waals surface area contributed by atoms with Gasteiger partial charge in [-0.05, 0) is 39.2 Å². The molecule has 0 aromatic heterocycles. The topological polar surface area (TPSA) is 24.5 Å². The van der Waals surface area contributed by atoms with Crippen LogP contribution < -0.4 is 5.32 Å². The molecule has 1 unspecified atom stereocenters. The summed E-state index contributed by atoms with van der Waals surface area (Å²) in [5.74, 6) is 0.986. The molecule has 18 heavy (non-hydrogen) atoms. The van der Waals surface area contributed by atoms with Crippen molar-refractivity contribution in [3.63, 3.8) is 0 Å². The predicted molar refractivity (Wildman–Crippen MR) is 75.9 cm³/mol. The number of rotatable bonds is 7. The monoisotopic (exact) mass is 254 g/mol. The molecule has 2 fully saturated rings. The summed E-state index contributed by atoms with van der Waals surface area (Å²) in [4.78, 5) is 2.62. The molecule has 1 saturated heterocycles. The molecule has 0 radical (unpaired) electrons. The van der Waals surface area contributed by atoms with Crippen molar-refractivity contribution >= 4 is 0 Å². The van der Waals surface area contributed by atoms with E-state index >= 15 is 0 Å². The zero-order valence-electron chi connectivity index (χ0n) is 12.4. The second-order valence-electron chi connectivity index (χ2n) is 6.44. The first-order chi connectivity index (χ1) is 8.64. The van der Waals surface area contributed by atoms with E-state index < -0.39 is 0 Å². The molecule has 1 aliphatic heterocycles. The van der Waals surface area contributed by atoms with Crippen LogP contribution in [0, 0.1) is 5.92 Å². The van der Waals surface area contributed by atoms with Gasteiger partial charge in [0.25, 0.3) is 0 Å². The van der Waals surface area contributed by atoms with Gasteiger partial charge in [0.1, 0.15) is 0 Å². The minimum Gasteiger partial charge on any atom is -0.379 e. The van der Waals surface area contributed by atoms with Crippen LogP contribution in [0.1, 0.15) is 46.5 Å². The fraction of sp³-hybridized carbons (Fsp3) is 1.00. The number of nitrogens with one attached hydrogen (secondary N) is 1. The quantitative estimate of drug-likeness (QED) is 0.754. The lowest BCUT2D eigenvalue weighted by Crippen LogP contribution is -2.60. The summed E-state index contributed by atoms with van der Waals surface area (Å²) in [6, 6.07) is 0.628. The van der Waals surface area contributed by atoms with Crippen LogP contribution in [0.2, 0.25) is 0 Å². The van der Waals surface area contributed by atoms with Crippen LogP contribution in [0.4, 0.5) is 0 Å². The van der Waals surface area contributed by atoms with E-state index in [1.807, 2.05) is 0 Å². The van der Waals surface area contributed by atoms with E-state index in [0.717, 1.165) is 38.8 Å². The molecule has 0 spiro atoms. The van der Waals surface area contributed by atoms with Gasteiger partial charge in [0.2, 0.25) is 0 Å². The summed E-state index contributed by atoms with van der Waals surface area (Å²) in [5, 5.41) is 3.80. The highest BCUT2D eigenvalue weighted by atomic mass is 16.5. The Kier molecular flexibility index (Phi) is 5.05. The van der Waals surface area contributed by atoms with Crippen molar-refractivity contribution in [1.82, 2.24) is 10.2 Å². The van der Waals surface area contributed by atoms with E-state index in [2.05, 4.69) is 31.0 Å². The lowest BCUT2D eigenvalue weighted by atomic mass is 9.87. The Morgan fingerprint density at radius 2 is 1.94 bits per heavy atom. The molecule has 0 amide bonds. The first-order valence-corrected chi connectivity index (χ1v) is 7.70. The lowest BCUT2D eigenvalue weighted by molar-refractivity contribution is -0.0250. The third kappa shape index (κ3) is 3.69. The Bertz CT molecular complexity index is 245. The molecular formula is C15H30N2O. The van der Waals surface area contributed by atoms with E-state index in [1.165, 1.54) is 25.7 Å². The van der Waals surface area contributed by atoms with Crippen LogP contribution >= 0.6 is 0 Å². The van der Waals surface area contributed by atoms with Gasteiger partial charge < -0.3 is 10.1 Å². The zero-order chi connectivity index (χ0) is 13.0. The minimum absolute atomic E-state index is 0.252. The minimum atomic E-state index is 0.252. The van der Waals surface area contributed by atoms with Gasteiger partial charge in [0.05, 0.1) is 13.2 Å². The maximum absolute atomic E-state index is 5.49. The third-order valence-corrected chi connectivity index (χ3v) is 4.59. The number of ether oxygens (including phenoxy) is 1. The molecule has 0 aromatic carbocycles. The van der Waals surface area contributed by atoms with E-state index in [4.69, 9.17) is 4.74 Å². The largest absolute Gasteiger partial charge is 0.379 e. The zero-order valence-corrected chi connectivity index (χ0v) is 12.4. The first-order valence-electron chi connectivity index (χ1n) is 7.70. The van der Waals surface area contributed by atoms with Crippen molar-refractivity contribution in [3.8, 4) is 0 Å². The van der Waals surface area contributed by atoms with Crippen LogP contribution in [-0.4, -0.2) is 49.3 Å². The molecule has 0 aromatic rings. The SMILES string of the molecule is CCCNC(CC1CC1)C(C)(C)N1CCOCC1. The third-order valence-electron chi connectivity index (χ3n) is 4.59. The van der Waals surface area contributed by atoms with E-state index in [9.17, 15) is 0 Å². The van der Waals surface area contributed by atoms with Gasteiger partial charge in [-0.25, -0.2) is 0 Å². The van der Waals surface area contributed by atoms with Gasteiger partial charge in [-0.1, -0.05) is 19.8 Å². The second-order valence-corrected chi connectivity index (χ2v) is 6.44. The van der Waals surface area contributed by atoms with E-state index in [-0.39, 0.29) is 5.54 Å². The van der Waals surface area contributed by atoms with Crippen LogP contribution in [-0.2, 0) is 4.74 Å². The van der Waals surface area contributed by atoms with Crippen LogP contribution in [0.15, 0.2) is 0 Å². The average molecular weight is 254 g/mol. The molecule has 1 aliphatic carbocycles. The molecule has 0 bridgehead atoms. The van der Waals surface area contributed by atoms with Gasteiger partial charge in [0, 0.05) is 24.7 Å². The summed E-state index contributed by atoms with van der Waals surface area (Å²) < 4.78 is 5.49. The van der Waals surface area contributed by atoms with Crippen molar-refractivity contribution in [3.05, 3.63) is 0 Å². The number of hydrogen-bond donors (Lipinski definition) is 1. The molecule has 3 heteroatoms. The van der Waals surface area contributed by atoms with E-state index in [0.29, 0.717) is 6.04 Å². The molecule has 1 atom stereocenters. The average Bonchev–Trinajstić information content (AvgIpc) is 3.19. The van der Waals surface area contributed by atoms with Gasteiger partial charge in [-0.2, -0.15) is 0 Å². The number of hydrogen-bond acceptors (Lipinski definition) is 3. The summed E-state index contributed by atoms with van der Waals surface area (Å²) in [6.07, 6.45) is 5.47. The lowest BCUT2D eigenvalue weighted by Gasteiger charge is -2.46. The van der Waals surface area contributed by atoms with Crippen molar-refractivity contribution in [2.45, 2.75) is 58.0 Å². The fourth-order valence-electron chi connectivity index (χ4n) is 2.99. The highest BCUT2D eigenvalue weighted by Crippen LogP contribution is 2.37. The van der Waals surface area contributed by atoms with Gasteiger partial charge in [-0.15, -0.1) is 0 Å². The predicted octanol–water partition coefficient (Wildman–Crippen LogP) is 2.27. The first kappa shape index (κ1) is 14.3. The van der Waals surface area contributed by atoms with Crippen molar-refractivity contribution in [1.29, 1.82) is 0 Å². The van der Waals surface area contributed by atoms with Crippen molar-refractivity contribution < 1.29 is 4.74 Å². The molecule has 106 valence electrons. The molecular weight excluding hydrogens is 224 g/mol. The molecule has 1 heterocycles. The highest BCUT2D eigenvalue weighted by Gasteiger charge is 2.38. The van der Waals surface area contributed by atoms with Crippen LogP contribution in [0.25, 0.3) is 0 Å². The summed E-state index contributed by atoms with van der Waals surface area (Å²) in [7, 11) is 0.